The van der Waals surface area contributed by atoms with Crippen LogP contribution < -0.4 is 14.8 Å². The lowest BCUT2D eigenvalue weighted by Gasteiger charge is -2.03. The minimum atomic E-state index is -0.931. The van der Waals surface area contributed by atoms with Gasteiger partial charge in [0.2, 0.25) is 12.7 Å². The third-order valence-corrected chi connectivity index (χ3v) is 3.64. The van der Waals surface area contributed by atoms with Crippen molar-refractivity contribution in [1.29, 1.82) is 0 Å². The van der Waals surface area contributed by atoms with E-state index in [1.165, 1.54) is 0 Å². The van der Waals surface area contributed by atoms with E-state index < -0.39 is 5.97 Å². The van der Waals surface area contributed by atoms with Gasteiger partial charge in [-0.05, 0) is 17.7 Å². The Labute approximate surface area is 130 Å². The second kappa shape index (κ2) is 5.20. The summed E-state index contributed by atoms with van der Waals surface area (Å²) in [6, 6.07) is 10.4. The minimum absolute atomic E-state index is 0.236. The number of fused-ring (bicyclic) bond motifs is 2. The van der Waals surface area contributed by atoms with Gasteiger partial charge in [-0.2, -0.15) is 0 Å². The van der Waals surface area contributed by atoms with Crippen molar-refractivity contribution in [1.82, 2.24) is 9.97 Å². The Kier molecular flexibility index (Phi) is 3.04. The Hall–Kier alpha value is -3.22. The minimum Gasteiger partial charge on any atom is -0.478 e. The zero-order chi connectivity index (χ0) is 15.8. The molecular formula is C16H13N3O4. The number of aromatic carboxylic acids is 1. The van der Waals surface area contributed by atoms with Gasteiger partial charge in [0, 0.05) is 18.7 Å². The highest BCUT2D eigenvalue weighted by Gasteiger charge is 2.16. The van der Waals surface area contributed by atoms with Crippen molar-refractivity contribution < 1.29 is 19.4 Å². The van der Waals surface area contributed by atoms with E-state index in [-0.39, 0.29) is 12.4 Å². The number of aromatic amines is 1. The summed E-state index contributed by atoms with van der Waals surface area (Å²) in [5.74, 6) is 1.10. The van der Waals surface area contributed by atoms with Gasteiger partial charge in [-0.15, -0.1) is 0 Å². The van der Waals surface area contributed by atoms with E-state index in [0.717, 1.165) is 16.6 Å². The maximum Gasteiger partial charge on any atom is 0.335 e. The first-order chi connectivity index (χ1) is 11.2. The fourth-order valence-corrected chi connectivity index (χ4v) is 2.43. The van der Waals surface area contributed by atoms with Gasteiger partial charge in [0.15, 0.2) is 11.5 Å². The van der Waals surface area contributed by atoms with Crippen molar-refractivity contribution >= 4 is 23.0 Å². The van der Waals surface area contributed by atoms with Gasteiger partial charge in [-0.1, -0.05) is 12.1 Å². The number of hydrogen-bond donors (Lipinski definition) is 3. The molecule has 1 aromatic heterocycles. The zero-order valence-corrected chi connectivity index (χ0v) is 12.0. The first kappa shape index (κ1) is 13.4. The number of benzene rings is 2. The van der Waals surface area contributed by atoms with E-state index >= 15 is 0 Å². The molecule has 2 heterocycles. The Bertz CT molecular complexity index is 845. The third-order valence-electron chi connectivity index (χ3n) is 3.64. The van der Waals surface area contributed by atoms with Crippen LogP contribution in [0.4, 0.5) is 5.95 Å². The molecule has 0 saturated carbocycles. The number of nitrogens with one attached hydrogen (secondary N) is 2. The summed E-state index contributed by atoms with van der Waals surface area (Å²) >= 11 is 0. The van der Waals surface area contributed by atoms with Crippen molar-refractivity contribution in [2.75, 3.05) is 12.1 Å². The van der Waals surface area contributed by atoms with Gasteiger partial charge in [-0.3, -0.25) is 0 Å². The lowest BCUT2D eigenvalue weighted by atomic mass is 10.1. The first-order valence-electron chi connectivity index (χ1n) is 7.04. The summed E-state index contributed by atoms with van der Waals surface area (Å²) in [5, 5.41) is 12.1. The van der Waals surface area contributed by atoms with Gasteiger partial charge < -0.3 is 24.9 Å². The van der Waals surface area contributed by atoms with Crippen molar-refractivity contribution in [3.8, 4) is 11.5 Å². The molecule has 0 unspecified atom stereocenters. The molecule has 3 aromatic rings. The number of carboxylic acid groups (broad SMARTS) is 1. The molecule has 0 spiro atoms. The molecular weight excluding hydrogens is 298 g/mol. The highest BCUT2D eigenvalue weighted by Crippen LogP contribution is 2.35. The van der Waals surface area contributed by atoms with E-state index in [1.54, 1.807) is 24.3 Å². The number of H-pyrrole nitrogens is 1. The molecule has 0 atom stereocenters. The second-order valence-electron chi connectivity index (χ2n) is 5.16. The number of rotatable bonds is 4. The molecule has 116 valence electrons. The summed E-state index contributed by atoms with van der Waals surface area (Å²) in [4.78, 5) is 18.5. The highest BCUT2D eigenvalue weighted by atomic mass is 16.7. The molecule has 0 saturated heterocycles. The summed E-state index contributed by atoms with van der Waals surface area (Å²) in [7, 11) is 0. The van der Waals surface area contributed by atoms with Crippen molar-refractivity contribution in [2.24, 2.45) is 0 Å². The summed E-state index contributed by atoms with van der Waals surface area (Å²) in [6.07, 6.45) is 0. The zero-order valence-electron chi connectivity index (χ0n) is 12.0. The molecule has 0 fully saturated rings. The fourth-order valence-electron chi connectivity index (χ4n) is 2.43. The van der Waals surface area contributed by atoms with E-state index in [0.29, 0.717) is 24.0 Å². The average Bonchev–Trinajstić information content (AvgIpc) is 3.16. The van der Waals surface area contributed by atoms with Crippen LogP contribution in [0.1, 0.15) is 15.9 Å². The Morgan fingerprint density at radius 1 is 1.22 bits per heavy atom. The Balaban J connectivity index is 1.50. The van der Waals surface area contributed by atoms with Gasteiger partial charge in [0.25, 0.3) is 0 Å². The molecule has 7 heteroatoms. The number of ether oxygens (including phenoxy) is 2. The molecule has 0 radical (unpaired) electrons. The first-order valence-corrected chi connectivity index (χ1v) is 7.04. The quantitative estimate of drug-likeness (QED) is 0.685. The summed E-state index contributed by atoms with van der Waals surface area (Å²) in [6.45, 7) is 0.770. The van der Waals surface area contributed by atoms with Gasteiger partial charge >= 0.3 is 5.97 Å². The van der Waals surface area contributed by atoms with E-state index in [2.05, 4.69) is 15.3 Å². The molecule has 1 aliphatic rings. The topological polar surface area (TPSA) is 96.5 Å². The van der Waals surface area contributed by atoms with Crippen molar-refractivity contribution in [3.05, 3.63) is 47.5 Å². The van der Waals surface area contributed by atoms with Crippen LogP contribution in [0, 0.1) is 0 Å². The Morgan fingerprint density at radius 3 is 2.70 bits per heavy atom. The van der Waals surface area contributed by atoms with Crippen LogP contribution in [0.3, 0.4) is 0 Å². The molecule has 7 nitrogen and oxygen atoms in total. The van der Waals surface area contributed by atoms with E-state index in [1.807, 2.05) is 12.1 Å². The van der Waals surface area contributed by atoms with Crippen LogP contribution in [0.2, 0.25) is 0 Å². The summed E-state index contributed by atoms with van der Waals surface area (Å²) in [5.41, 5.74) is 2.88. The van der Waals surface area contributed by atoms with E-state index in [9.17, 15) is 4.79 Å². The standard InChI is InChI=1S/C16H13N3O4/c20-15(21)10-3-1-9(2-4-10)7-17-16-18-11-5-13-14(23-8-22-13)6-12(11)19-16/h1-6H,7-8H2,(H,20,21)(H2,17,18,19). The van der Waals surface area contributed by atoms with Gasteiger partial charge in [0.1, 0.15) is 0 Å². The lowest BCUT2D eigenvalue weighted by molar-refractivity contribution is 0.0697. The third kappa shape index (κ3) is 2.52. The van der Waals surface area contributed by atoms with Crippen LogP contribution in [-0.2, 0) is 6.54 Å². The SMILES string of the molecule is O=C(O)c1ccc(CNc2nc3cc4c(cc3[nH]2)OCO4)cc1. The molecule has 0 aliphatic carbocycles. The van der Waals surface area contributed by atoms with Crippen LogP contribution in [0.5, 0.6) is 11.5 Å². The monoisotopic (exact) mass is 311 g/mol. The van der Waals surface area contributed by atoms with Crippen LogP contribution in [-0.4, -0.2) is 27.8 Å². The molecule has 23 heavy (non-hydrogen) atoms. The average molecular weight is 311 g/mol. The number of anilines is 1. The maximum atomic E-state index is 10.8. The van der Waals surface area contributed by atoms with Crippen molar-refractivity contribution in [3.63, 3.8) is 0 Å². The number of nitrogens with zero attached hydrogens (tertiary/aromatic N) is 1. The second-order valence-corrected chi connectivity index (χ2v) is 5.16. The number of hydrogen-bond acceptors (Lipinski definition) is 5. The van der Waals surface area contributed by atoms with Gasteiger partial charge in [0.05, 0.1) is 16.6 Å². The largest absolute Gasteiger partial charge is 0.478 e. The molecule has 4 rings (SSSR count). The predicted molar refractivity (Wildman–Crippen MR) is 82.9 cm³/mol. The normalized spacial score (nSPS) is 12.5. The fraction of sp³-hybridized carbons (Fsp3) is 0.125. The maximum absolute atomic E-state index is 10.8. The summed E-state index contributed by atoms with van der Waals surface area (Å²) < 4.78 is 10.7. The molecule has 1 aliphatic heterocycles. The van der Waals surface area contributed by atoms with Crippen LogP contribution in [0.25, 0.3) is 11.0 Å². The molecule has 0 bridgehead atoms. The Morgan fingerprint density at radius 2 is 1.96 bits per heavy atom. The molecule has 0 amide bonds. The highest BCUT2D eigenvalue weighted by molar-refractivity contribution is 5.87. The van der Waals surface area contributed by atoms with E-state index in [4.69, 9.17) is 14.6 Å². The van der Waals surface area contributed by atoms with Crippen molar-refractivity contribution in [2.45, 2.75) is 6.54 Å². The lowest BCUT2D eigenvalue weighted by Crippen LogP contribution is -2.02. The number of carboxylic acids is 1. The molecule has 2 aromatic carbocycles. The van der Waals surface area contributed by atoms with Gasteiger partial charge in [-0.25, -0.2) is 9.78 Å². The predicted octanol–water partition coefficient (Wildman–Crippen LogP) is 2.60. The number of aromatic nitrogens is 2. The molecule has 3 N–H and O–H groups in total. The number of carbonyl (C=O) groups is 1. The number of imidazole rings is 1. The van der Waals surface area contributed by atoms with Crippen LogP contribution >= 0.6 is 0 Å². The van der Waals surface area contributed by atoms with Crippen LogP contribution in [0.15, 0.2) is 36.4 Å². The smallest absolute Gasteiger partial charge is 0.335 e.